The number of carbonyl (C=O) groups excluding carboxylic acids is 1. The van der Waals surface area contributed by atoms with Crippen LogP contribution < -0.4 is 21.9 Å². The molecular formula is C22H29ClN6O3S. The molecule has 0 aliphatic heterocycles. The number of nitrogens with two attached hydrogens (primary N) is 1. The molecular weight excluding hydrogens is 464 g/mol. The van der Waals surface area contributed by atoms with Gasteiger partial charge in [-0.25, -0.2) is 9.78 Å². The topological polar surface area (TPSA) is 119 Å². The average Bonchev–Trinajstić information content (AvgIpc) is 3.11. The Morgan fingerprint density at radius 2 is 1.94 bits per heavy atom. The lowest BCUT2D eigenvalue weighted by Gasteiger charge is -2.23. The third-order valence-electron chi connectivity index (χ3n) is 5.28. The van der Waals surface area contributed by atoms with Gasteiger partial charge in [-0.3, -0.25) is 19.1 Å². The number of amides is 1. The Labute approximate surface area is 200 Å². The summed E-state index contributed by atoms with van der Waals surface area (Å²) in [5.74, 6) is -0.236. The lowest BCUT2D eigenvalue weighted by Crippen LogP contribution is -2.41. The Morgan fingerprint density at radius 1 is 1.18 bits per heavy atom. The van der Waals surface area contributed by atoms with Crippen LogP contribution in [0.15, 0.2) is 32.9 Å². The largest absolute Gasteiger partial charge is 0.383 e. The number of aromatic amines is 1. The summed E-state index contributed by atoms with van der Waals surface area (Å²) in [6, 6.07) is 5.54. The predicted molar refractivity (Wildman–Crippen MR) is 134 cm³/mol. The summed E-state index contributed by atoms with van der Waals surface area (Å²) < 4.78 is 3.37. The molecule has 3 rings (SSSR count). The minimum Gasteiger partial charge on any atom is -0.383 e. The lowest BCUT2D eigenvalue weighted by molar-refractivity contribution is -0.116. The molecule has 1 amide bonds. The molecule has 0 saturated heterocycles. The van der Waals surface area contributed by atoms with Crippen molar-refractivity contribution in [3.05, 3.63) is 44.1 Å². The van der Waals surface area contributed by atoms with Crippen LogP contribution in [0.3, 0.4) is 0 Å². The number of aromatic nitrogens is 4. The van der Waals surface area contributed by atoms with E-state index in [0.29, 0.717) is 16.7 Å². The van der Waals surface area contributed by atoms with E-state index in [1.165, 1.54) is 21.2 Å². The number of benzene rings is 1. The molecule has 0 bridgehead atoms. The molecule has 2 heterocycles. The van der Waals surface area contributed by atoms with Gasteiger partial charge in [-0.15, -0.1) is 0 Å². The Hall–Kier alpha value is -2.72. The molecule has 0 fully saturated rings. The molecule has 0 atom stereocenters. The molecule has 0 unspecified atom stereocenters. The van der Waals surface area contributed by atoms with Gasteiger partial charge in [0.25, 0.3) is 5.56 Å². The van der Waals surface area contributed by atoms with E-state index in [2.05, 4.69) is 21.5 Å². The van der Waals surface area contributed by atoms with Crippen LogP contribution >= 0.6 is 23.4 Å². The maximum atomic E-state index is 13.2. The summed E-state index contributed by atoms with van der Waals surface area (Å²) in [5, 5.41) is 1.30. The van der Waals surface area contributed by atoms with Crippen molar-refractivity contribution in [2.24, 2.45) is 0 Å². The number of aryl methyl sites for hydroxylation is 1. The van der Waals surface area contributed by atoms with Gasteiger partial charge in [-0.2, -0.15) is 0 Å². The van der Waals surface area contributed by atoms with Gasteiger partial charge in [0.05, 0.1) is 16.8 Å². The number of nitrogen functional groups attached to an aromatic ring is 1. The summed E-state index contributed by atoms with van der Waals surface area (Å²) in [6.07, 6.45) is 2.49. The number of nitrogens with zero attached hydrogens (tertiary/aromatic N) is 4. The van der Waals surface area contributed by atoms with Crippen LogP contribution in [0.25, 0.3) is 11.0 Å². The molecule has 0 aliphatic carbocycles. The first-order valence-corrected chi connectivity index (χ1v) is 12.4. The normalized spacial score (nSPS) is 11.3. The summed E-state index contributed by atoms with van der Waals surface area (Å²) >= 11 is 7.41. The van der Waals surface area contributed by atoms with E-state index in [-0.39, 0.29) is 29.7 Å². The van der Waals surface area contributed by atoms with E-state index < -0.39 is 11.2 Å². The minimum absolute atomic E-state index is 0.00487. The number of thioether (sulfide) groups is 1. The van der Waals surface area contributed by atoms with E-state index in [1.807, 2.05) is 19.1 Å². The molecule has 11 heteroatoms. The Balaban J connectivity index is 1.89. The summed E-state index contributed by atoms with van der Waals surface area (Å²) in [6.45, 7) is 7.18. The second-order valence-corrected chi connectivity index (χ2v) is 8.98. The van der Waals surface area contributed by atoms with Crippen LogP contribution in [-0.4, -0.2) is 37.3 Å². The Bertz CT molecular complexity index is 1270. The summed E-state index contributed by atoms with van der Waals surface area (Å²) in [4.78, 5) is 46.2. The van der Waals surface area contributed by atoms with Crippen LogP contribution in [0.1, 0.15) is 40.0 Å². The summed E-state index contributed by atoms with van der Waals surface area (Å²) in [7, 11) is 0. The number of unbranched alkanes of at least 4 members (excludes halogenated alkanes) is 1. The van der Waals surface area contributed by atoms with Gasteiger partial charge in [-0.1, -0.05) is 43.6 Å². The highest BCUT2D eigenvalue weighted by Crippen LogP contribution is 2.27. The van der Waals surface area contributed by atoms with E-state index in [4.69, 9.17) is 17.3 Å². The second kappa shape index (κ2) is 10.9. The van der Waals surface area contributed by atoms with Crippen molar-refractivity contribution in [2.45, 2.75) is 58.3 Å². The first-order chi connectivity index (χ1) is 15.8. The van der Waals surface area contributed by atoms with E-state index >= 15 is 0 Å². The van der Waals surface area contributed by atoms with Gasteiger partial charge in [-0.05, 0) is 38.0 Å². The molecule has 3 N–H and O–H groups in total. The maximum Gasteiger partial charge on any atom is 0.330 e. The van der Waals surface area contributed by atoms with Gasteiger partial charge >= 0.3 is 5.69 Å². The monoisotopic (exact) mass is 492 g/mol. The number of fused-ring (bicyclic) bond motifs is 1. The first kappa shape index (κ1) is 24.9. The number of imidazole rings is 1. The van der Waals surface area contributed by atoms with Crippen molar-refractivity contribution in [3.63, 3.8) is 0 Å². The molecule has 9 nitrogen and oxygen atoms in total. The van der Waals surface area contributed by atoms with Gasteiger partial charge in [0, 0.05) is 24.7 Å². The minimum atomic E-state index is -0.668. The van der Waals surface area contributed by atoms with Crippen molar-refractivity contribution >= 4 is 51.8 Å². The highest BCUT2D eigenvalue weighted by Gasteiger charge is 2.24. The zero-order valence-electron chi connectivity index (χ0n) is 19.1. The number of H-pyrrole nitrogens is 1. The molecule has 2 aromatic heterocycles. The number of rotatable bonds is 10. The summed E-state index contributed by atoms with van der Waals surface area (Å²) in [5.41, 5.74) is 6.68. The number of halogens is 1. The third kappa shape index (κ3) is 5.27. The van der Waals surface area contributed by atoms with Crippen LogP contribution in [0.2, 0.25) is 5.02 Å². The number of hydrogen-bond donors (Lipinski definition) is 2. The van der Waals surface area contributed by atoms with Gasteiger partial charge in [0.2, 0.25) is 5.91 Å². The van der Waals surface area contributed by atoms with Crippen molar-refractivity contribution in [3.8, 4) is 0 Å². The molecule has 1 aromatic carbocycles. The second-order valence-electron chi connectivity index (χ2n) is 7.60. The number of anilines is 2. The number of hydrogen-bond acceptors (Lipinski definition) is 6. The third-order valence-corrected chi connectivity index (χ3v) is 6.48. The van der Waals surface area contributed by atoms with Crippen molar-refractivity contribution < 1.29 is 4.79 Å². The zero-order valence-corrected chi connectivity index (χ0v) is 20.6. The van der Waals surface area contributed by atoms with Crippen LogP contribution in [0, 0.1) is 0 Å². The fourth-order valence-corrected chi connectivity index (χ4v) is 4.75. The van der Waals surface area contributed by atoms with Crippen molar-refractivity contribution in [1.82, 2.24) is 19.1 Å². The van der Waals surface area contributed by atoms with Gasteiger partial charge in [0.1, 0.15) is 5.82 Å². The molecule has 0 saturated carbocycles. The standard InChI is InChI=1S/C22H29ClN6O3S/c1-4-7-11-29-19(24)18(20(31)26-21(29)32)27(6-3)17(30)13-33-22-25-15-12-14(23)8-9-16(15)28(22)10-5-2/h8-9,12H,4-7,10-11,13,24H2,1-3H3,(H,26,31,32). The quantitative estimate of drug-likeness (QED) is 0.418. The molecule has 3 aromatic rings. The van der Waals surface area contributed by atoms with Crippen LogP contribution in [-0.2, 0) is 17.9 Å². The Morgan fingerprint density at radius 3 is 2.61 bits per heavy atom. The molecule has 0 radical (unpaired) electrons. The van der Waals surface area contributed by atoms with Crippen LogP contribution in [0.4, 0.5) is 11.5 Å². The fraction of sp³-hybridized carbons (Fsp3) is 0.455. The van der Waals surface area contributed by atoms with Gasteiger partial charge < -0.3 is 15.2 Å². The predicted octanol–water partition coefficient (Wildman–Crippen LogP) is 3.48. The van der Waals surface area contributed by atoms with E-state index in [0.717, 1.165) is 36.8 Å². The zero-order chi connectivity index (χ0) is 24.1. The smallest absolute Gasteiger partial charge is 0.330 e. The van der Waals surface area contributed by atoms with E-state index in [1.54, 1.807) is 13.0 Å². The number of nitrogens with one attached hydrogen (secondary N) is 1. The van der Waals surface area contributed by atoms with Gasteiger partial charge in [0.15, 0.2) is 10.8 Å². The molecule has 33 heavy (non-hydrogen) atoms. The van der Waals surface area contributed by atoms with E-state index in [9.17, 15) is 14.4 Å². The average molecular weight is 493 g/mol. The van der Waals surface area contributed by atoms with Crippen molar-refractivity contribution in [1.29, 1.82) is 0 Å². The molecule has 178 valence electrons. The molecule has 0 spiro atoms. The fourth-order valence-electron chi connectivity index (χ4n) is 3.67. The Kier molecular flexibility index (Phi) is 8.25. The first-order valence-electron chi connectivity index (χ1n) is 11.0. The maximum absolute atomic E-state index is 13.2. The molecule has 0 aliphatic rings. The lowest BCUT2D eigenvalue weighted by atomic mass is 10.3. The van der Waals surface area contributed by atoms with Crippen molar-refractivity contribution in [2.75, 3.05) is 22.9 Å². The van der Waals surface area contributed by atoms with Crippen LogP contribution in [0.5, 0.6) is 0 Å². The highest BCUT2D eigenvalue weighted by molar-refractivity contribution is 7.99. The SMILES string of the molecule is CCCCn1c(N)c(N(CC)C(=O)CSc2nc3cc(Cl)ccc3n2CCC)c(=O)[nH]c1=O. The number of carbonyl (C=O) groups is 1. The highest BCUT2D eigenvalue weighted by atomic mass is 35.5.